The van der Waals surface area contributed by atoms with Crippen LogP contribution in [0.2, 0.25) is 5.02 Å². The van der Waals surface area contributed by atoms with E-state index in [9.17, 15) is 4.79 Å². The normalized spacial score (nSPS) is 12.2. The molecule has 0 saturated heterocycles. The number of hydrogen-bond acceptors (Lipinski definition) is 1. The lowest BCUT2D eigenvalue weighted by molar-refractivity contribution is -0.115. The van der Waals surface area contributed by atoms with E-state index in [0.29, 0.717) is 10.7 Å². The van der Waals surface area contributed by atoms with E-state index in [0.717, 1.165) is 0 Å². The Morgan fingerprint density at radius 2 is 2.21 bits per heavy atom. The molecule has 0 bridgehead atoms. The highest BCUT2D eigenvalue weighted by Crippen LogP contribution is 2.15. The second kappa shape index (κ2) is 5.44. The lowest BCUT2D eigenvalue weighted by Gasteiger charge is -2.07. The molecule has 0 spiro atoms. The Bertz CT molecular complexity index is 330. The summed E-state index contributed by atoms with van der Waals surface area (Å²) >= 11 is 16.8. The van der Waals surface area contributed by atoms with Crippen molar-refractivity contribution in [2.24, 2.45) is 0 Å². The van der Waals surface area contributed by atoms with Gasteiger partial charge in [-0.05, 0) is 18.2 Å². The summed E-state index contributed by atoms with van der Waals surface area (Å²) in [4.78, 5) is 11.3. The Morgan fingerprint density at radius 1 is 1.50 bits per heavy atom. The minimum atomic E-state index is -0.726. The molecule has 2 nitrogen and oxygen atoms in total. The molecular weight excluding hydrogens is 244 g/mol. The number of amides is 1. The van der Waals surface area contributed by atoms with Crippen LogP contribution in [0.4, 0.5) is 5.69 Å². The third-order valence-corrected chi connectivity index (χ3v) is 2.57. The van der Waals surface area contributed by atoms with E-state index >= 15 is 0 Å². The van der Waals surface area contributed by atoms with Crippen LogP contribution in [-0.4, -0.2) is 17.2 Å². The number of benzene rings is 1. The molecule has 1 rings (SSSR count). The Labute approximate surface area is 97.1 Å². The first-order valence-electron chi connectivity index (χ1n) is 3.90. The quantitative estimate of drug-likeness (QED) is 0.823. The monoisotopic (exact) mass is 251 g/mol. The Hall–Kier alpha value is -0.440. The standard InChI is InChI=1S/C9H8Cl3NO/c10-5-8(12)9(14)13-7-3-1-2-6(11)4-7/h1-4,8H,5H2,(H,13,14)/t8-/m1/s1. The zero-order valence-corrected chi connectivity index (χ0v) is 9.40. The van der Waals surface area contributed by atoms with Crippen molar-refractivity contribution in [3.63, 3.8) is 0 Å². The molecule has 0 saturated carbocycles. The van der Waals surface area contributed by atoms with E-state index in [1.807, 2.05) is 0 Å². The van der Waals surface area contributed by atoms with Crippen LogP contribution >= 0.6 is 34.8 Å². The minimum Gasteiger partial charge on any atom is -0.325 e. The first kappa shape index (κ1) is 11.6. The topological polar surface area (TPSA) is 29.1 Å². The highest BCUT2D eigenvalue weighted by Gasteiger charge is 2.13. The number of halogens is 3. The summed E-state index contributed by atoms with van der Waals surface area (Å²) < 4.78 is 0. The number of nitrogens with one attached hydrogen (secondary N) is 1. The largest absolute Gasteiger partial charge is 0.325 e. The molecule has 1 atom stereocenters. The SMILES string of the molecule is O=C(Nc1cccc(Cl)c1)[C@H](Cl)CCl. The van der Waals surface area contributed by atoms with Crippen molar-refractivity contribution in [1.82, 2.24) is 0 Å². The van der Waals surface area contributed by atoms with Crippen LogP contribution in [0.5, 0.6) is 0 Å². The summed E-state index contributed by atoms with van der Waals surface area (Å²) in [5.74, 6) is -0.252. The zero-order valence-electron chi connectivity index (χ0n) is 7.14. The molecule has 76 valence electrons. The molecule has 14 heavy (non-hydrogen) atoms. The van der Waals surface area contributed by atoms with Gasteiger partial charge in [0.2, 0.25) is 5.91 Å². The van der Waals surface area contributed by atoms with Gasteiger partial charge < -0.3 is 5.32 Å². The van der Waals surface area contributed by atoms with Gasteiger partial charge in [-0.3, -0.25) is 4.79 Å². The van der Waals surface area contributed by atoms with E-state index in [-0.39, 0.29) is 11.8 Å². The molecule has 0 radical (unpaired) electrons. The van der Waals surface area contributed by atoms with Crippen LogP contribution in [0.15, 0.2) is 24.3 Å². The van der Waals surface area contributed by atoms with Crippen molar-refractivity contribution in [1.29, 1.82) is 0 Å². The molecule has 0 heterocycles. The van der Waals surface area contributed by atoms with Crippen molar-refractivity contribution in [2.45, 2.75) is 5.38 Å². The van der Waals surface area contributed by atoms with Gasteiger partial charge in [0.15, 0.2) is 0 Å². The summed E-state index contributed by atoms with van der Waals surface area (Å²) in [7, 11) is 0. The van der Waals surface area contributed by atoms with Crippen LogP contribution < -0.4 is 5.32 Å². The van der Waals surface area contributed by atoms with Crippen LogP contribution in [0, 0.1) is 0 Å². The molecule has 1 aromatic carbocycles. The maximum atomic E-state index is 11.3. The van der Waals surface area contributed by atoms with Crippen LogP contribution in [-0.2, 0) is 4.79 Å². The Morgan fingerprint density at radius 3 is 2.79 bits per heavy atom. The van der Waals surface area contributed by atoms with Crippen molar-refractivity contribution < 1.29 is 4.79 Å². The van der Waals surface area contributed by atoms with Gasteiger partial charge in [0.25, 0.3) is 0 Å². The van der Waals surface area contributed by atoms with Crippen LogP contribution in [0.1, 0.15) is 0 Å². The third kappa shape index (κ3) is 3.37. The number of carbonyl (C=O) groups excluding carboxylic acids is 1. The highest BCUT2D eigenvalue weighted by atomic mass is 35.5. The van der Waals surface area contributed by atoms with E-state index < -0.39 is 5.38 Å². The van der Waals surface area contributed by atoms with Gasteiger partial charge in [0.05, 0.1) is 0 Å². The molecule has 5 heteroatoms. The van der Waals surface area contributed by atoms with Crippen LogP contribution in [0.3, 0.4) is 0 Å². The van der Waals surface area contributed by atoms with Crippen molar-refractivity contribution in [3.8, 4) is 0 Å². The molecule has 1 amide bonds. The number of hydrogen-bond donors (Lipinski definition) is 1. The summed E-state index contributed by atoms with van der Waals surface area (Å²) in [6, 6.07) is 6.82. The second-order valence-electron chi connectivity index (χ2n) is 2.62. The Kier molecular flexibility index (Phi) is 4.52. The summed E-state index contributed by atoms with van der Waals surface area (Å²) in [6.45, 7) is 0. The predicted octanol–water partition coefficient (Wildman–Crippen LogP) is 3.12. The van der Waals surface area contributed by atoms with Gasteiger partial charge in [-0.25, -0.2) is 0 Å². The van der Waals surface area contributed by atoms with Crippen molar-refractivity contribution in [3.05, 3.63) is 29.3 Å². The van der Waals surface area contributed by atoms with Crippen molar-refractivity contribution >= 4 is 46.4 Å². The summed E-state index contributed by atoms with van der Waals surface area (Å²) in [5.41, 5.74) is 0.610. The molecule has 0 unspecified atom stereocenters. The van der Waals surface area contributed by atoms with E-state index in [4.69, 9.17) is 34.8 Å². The van der Waals surface area contributed by atoms with Gasteiger partial charge in [0.1, 0.15) is 5.38 Å². The van der Waals surface area contributed by atoms with Gasteiger partial charge in [-0.2, -0.15) is 0 Å². The van der Waals surface area contributed by atoms with E-state index in [1.54, 1.807) is 24.3 Å². The number of carbonyl (C=O) groups is 1. The van der Waals surface area contributed by atoms with Crippen molar-refractivity contribution in [2.75, 3.05) is 11.2 Å². The average Bonchev–Trinajstić information content (AvgIpc) is 2.16. The minimum absolute atomic E-state index is 0.0773. The summed E-state index contributed by atoms with van der Waals surface area (Å²) in [6.07, 6.45) is 0. The highest BCUT2D eigenvalue weighted by molar-refractivity contribution is 6.37. The zero-order chi connectivity index (χ0) is 10.6. The molecular formula is C9H8Cl3NO. The molecule has 0 aliphatic carbocycles. The number of anilines is 1. The predicted molar refractivity (Wildman–Crippen MR) is 60.4 cm³/mol. The smallest absolute Gasteiger partial charge is 0.243 e. The second-order valence-corrected chi connectivity index (χ2v) is 3.89. The molecule has 0 aliphatic heterocycles. The molecule has 1 aromatic rings. The van der Waals surface area contributed by atoms with E-state index in [1.165, 1.54) is 0 Å². The maximum Gasteiger partial charge on any atom is 0.243 e. The van der Waals surface area contributed by atoms with Gasteiger partial charge >= 0.3 is 0 Å². The number of alkyl halides is 2. The first-order valence-corrected chi connectivity index (χ1v) is 5.25. The van der Waals surface area contributed by atoms with Gasteiger partial charge in [0, 0.05) is 16.6 Å². The van der Waals surface area contributed by atoms with E-state index in [2.05, 4.69) is 5.32 Å². The van der Waals surface area contributed by atoms with Gasteiger partial charge in [-0.1, -0.05) is 17.7 Å². The fourth-order valence-corrected chi connectivity index (χ4v) is 1.24. The molecule has 0 fully saturated rings. The fourth-order valence-electron chi connectivity index (χ4n) is 0.857. The van der Waals surface area contributed by atoms with Crippen LogP contribution in [0.25, 0.3) is 0 Å². The summed E-state index contributed by atoms with van der Waals surface area (Å²) in [5, 5.41) is 2.42. The third-order valence-electron chi connectivity index (χ3n) is 1.51. The molecule has 0 aliphatic rings. The molecule has 1 N–H and O–H groups in total. The lowest BCUT2D eigenvalue weighted by atomic mass is 10.3. The van der Waals surface area contributed by atoms with Gasteiger partial charge in [-0.15, -0.1) is 23.2 Å². The average molecular weight is 253 g/mol. The first-order chi connectivity index (χ1) is 6.63. The molecule has 0 aromatic heterocycles. The Balaban J connectivity index is 2.65. The maximum absolute atomic E-state index is 11.3. The fraction of sp³-hybridized carbons (Fsp3) is 0.222. The lowest BCUT2D eigenvalue weighted by Crippen LogP contribution is -2.24. The number of rotatable bonds is 3.